The molecule has 2 aromatic rings. The lowest BCUT2D eigenvalue weighted by Gasteiger charge is -2.16. The van der Waals surface area contributed by atoms with Gasteiger partial charge in [0.15, 0.2) is 0 Å². The molecule has 0 fully saturated rings. The zero-order chi connectivity index (χ0) is 13.8. The van der Waals surface area contributed by atoms with Gasteiger partial charge in [0.25, 0.3) is 0 Å². The monoisotopic (exact) mass is 262 g/mol. The van der Waals surface area contributed by atoms with Crippen molar-refractivity contribution in [2.45, 2.75) is 6.54 Å². The molecule has 0 spiro atoms. The molecule has 102 valence electrons. The van der Waals surface area contributed by atoms with Crippen molar-refractivity contribution < 1.29 is 4.42 Å². The summed E-state index contributed by atoms with van der Waals surface area (Å²) in [5.41, 5.74) is 1.04. The molecule has 0 unspecified atom stereocenters. The second kappa shape index (κ2) is 5.55. The number of nitrogens with zero attached hydrogens (tertiary/aromatic N) is 5. The standard InChI is InChI=1S/C12H18N6O/c1-17(2)11-14-10(15-12(16-11)18(3)4)13-7-9-5-6-19-8-9/h5-6,8H,7H2,1-4H3,(H,13,14,15,16). The summed E-state index contributed by atoms with van der Waals surface area (Å²) in [6.07, 6.45) is 3.33. The van der Waals surface area contributed by atoms with Crippen molar-refractivity contribution in [2.24, 2.45) is 0 Å². The highest BCUT2D eigenvalue weighted by Gasteiger charge is 2.09. The third-order valence-electron chi connectivity index (χ3n) is 2.44. The van der Waals surface area contributed by atoms with Crippen LogP contribution >= 0.6 is 0 Å². The number of anilines is 3. The Bertz CT molecular complexity index is 497. The molecule has 2 aromatic heterocycles. The summed E-state index contributed by atoms with van der Waals surface area (Å²) in [5.74, 6) is 1.78. The van der Waals surface area contributed by atoms with Crippen LogP contribution in [-0.4, -0.2) is 43.1 Å². The number of hydrogen-bond donors (Lipinski definition) is 1. The Kier molecular flexibility index (Phi) is 3.84. The fourth-order valence-corrected chi connectivity index (χ4v) is 1.41. The first-order valence-corrected chi connectivity index (χ1v) is 5.92. The quantitative estimate of drug-likeness (QED) is 0.868. The molecular formula is C12H18N6O. The van der Waals surface area contributed by atoms with E-state index in [9.17, 15) is 0 Å². The summed E-state index contributed by atoms with van der Waals surface area (Å²) < 4.78 is 5.02. The van der Waals surface area contributed by atoms with Crippen molar-refractivity contribution in [3.8, 4) is 0 Å². The van der Waals surface area contributed by atoms with E-state index < -0.39 is 0 Å². The first-order chi connectivity index (χ1) is 9.06. The number of hydrogen-bond acceptors (Lipinski definition) is 7. The van der Waals surface area contributed by atoms with Crippen LogP contribution in [0.2, 0.25) is 0 Å². The van der Waals surface area contributed by atoms with Gasteiger partial charge in [-0.25, -0.2) is 0 Å². The Hall–Kier alpha value is -2.31. The third kappa shape index (κ3) is 3.34. The van der Waals surface area contributed by atoms with Crippen LogP contribution in [0.4, 0.5) is 17.8 Å². The summed E-state index contributed by atoms with van der Waals surface area (Å²) >= 11 is 0. The van der Waals surface area contributed by atoms with Crippen molar-refractivity contribution in [3.63, 3.8) is 0 Å². The van der Waals surface area contributed by atoms with Crippen LogP contribution in [0.15, 0.2) is 23.0 Å². The Balaban J connectivity index is 2.18. The molecule has 0 atom stereocenters. The minimum Gasteiger partial charge on any atom is -0.472 e. The smallest absolute Gasteiger partial charge is 0.231 e. The van der Waals surface area contributed by atoms with Gasteiger partial charge in [-0.05, 0) is 6.07 Å². The summed E-state index contributed by atoms with van der Waals surface area (Å²) in [5, 5.41) is 3.16. The van der Waals surface area contributed by atoms with E-state index in [1.807, 2.05) is 44.1 Å². The molecule has 2 heterocycles. The van der Waals surface area contributed by atoms with Crippen LogP contribution < -0.4 is 15.1 Å². The summed E-state index contributed by atoms with van der Waals surface area (Å²) in [6, 6.07) is 1.90. The van der Waals surface area contributed by atoms with Crippen LogP contribution in [0.1, 0.15) is 5.56 Å². The number of rotatable bonds is 5. The SMILES string of the molecule is CN(C)c1nc(NCc2ccoc2)nc(N(C)C)n1. The normalized spacial score (nSPS) is 10.3. The van der Waals surface area contributed by atoms with E-state index in [1.54, 1.807) is 12.5 Å². The van der Waals surface area contributed by atoms with Crippen LogP contribution in [0, 0.1) is 0 Å². The predicted octanol–water partition coefficient (Wildman–Crippen LogP) is 1.21. The molecule has 0 saturated heterocycles. The van der Waals surface area contributed by atoms with Gasteiger partial charge < -0.3 is 19.5 Å². The first kappa shape index (κ1) is 13.1. The van der Waals surface area contributed by atoms with Crippen molar-refractivity contribution in [3.05, 3.63) is 24.2 Å². The second-order valence-electron chi connectivity index (χ2n) is 4.53. The summed E-state index contributed by atoms with van der Waals surface area (Å²) in [6.45, 7) is 0.611. The molecule has 0 saturated carbocycles. The fraction of sp³-hybridized carbons (Fsp3) is 0.417. The van der Waals surface area contributed by atoms with Crippen LogP contribution in [0.5, 0.6) is 0 Å². The van der Waals surface area contributed by atoms with E-state index in [1.165, 1.54) is 0 Å². The van der Waals surface area contributed by atoms with Crippen molar-refractivity contribution >= 4 is 17.8 Å². The van der Waals surface area contributed by atoms with Crippen LogP contribution in [0.25, 0.3) is 0 Å². The first-order valence-electron chi connectivity index (χ1n) is 5.92. The third-order valence-corrected chi connectivity index (χ3v) is 2.44. The summed E-state index contributed by atoms with van der Waals surface area (Å²) in [4.78, 5) is 16.7. The molecule has 2 rings (SSSR count). The second-order valence-corrected chi connectivity index (χ2v) is 4.53. The Morgan fingerprint density at radius 2 is 1.68 bits per heavy atom. The minimum absolute atomic E-state index is 0.545. The molecule has 1 N–H and O–H groups in total. The van der Waals surface area contributed by atoms with Gasteiger partial charge in [0.1, 0.15) is 0 Å². The molecule has 0 aliphatic heterocycles. The largest absolute Gasteiger partial charge is 0.472 e. The van der Waals surface area contributed by atoms with E-state index >= 15 is 0 Å². The highest BCUT2D eigenvalue weighted by atomic mass is 16.3. The van der Waals surface area contributed by atoms with Gasteiger partial charge in [0, 0.05) is 40.3 Å². The highest BCUT2D eigenvalue weighted by molar-refractivity contribution is 5.43. The van der Waals surface area contributed by atoms with Gasteiger partial charge in [0.05, 0.1) is 12.5 Å². The zero-order valence-corrected chi connectivity index (χ0v) is 11.6. The zero-order valence-electron chi connectivity index (χ0n) is 11.6. The van der Waals surface area contributed by atoms with Crippen molar-refractivity contribution in [1.82, 2.24) is 15.0 Å². The lowest BCUT2D eigenvalue weighted by atomic mass is 10.3. The topological polar surface area (TPSA) is 70.3 Å². The highest BCUT2D eigenvalue weighted by Crippen LogP contribution is 2.14. The fourth-order valence-electron chi connectivity index (χ4n) is 1.41. The van der Waals surface area contributed by atoms with E-state index in [2.05, 4.69) is 20.3 Å². The average Bonchev–Trinajstić information content (AvgIpc) is 2.89. The van der Waals surface area contributed by atoms with Gasteiger partial charge in [-0.15, -0.1) is 0 Å². The number of nitrogens with one attached hydrogen (secondary N) is 1. The van der Waals surface area contributed by atoms with Gasteiger partial charge >= 0.3 is 0 Å². The molecule has 0 bridgehead atoms. The van der Waals surface area contributed by atoms with Gasteiger partial charge in [-0.2, -0.15) is 15.0 Å². The lowest BCUT2D eigenvalue weighted by molar-refractivity contribution is 0.564. The van der Waals surface area contributed by atoms with Gasteiger partial charge in [-0.3, -0.25) is 0 Å². The molecule has 19 heavy (non-hydrogen) atoms. The lowest BCUT2D eigenvalue weighted by Crippen LogP contribution is -2.20. The van der Waals surface area contributed by atoms with Crippen molar-refractivity contribution in [1.29, 1.82) is 0 Å². The Morgan fingerprint density at radius 3 is 2.16 bits per heavy atom. The Morgan fingerprint density at radius 1 is 1.05 bits per heavy atom. The minimum atomic E-state index is 0.545. The summed E-state index contributed by atoms with van der Waals surface area (Å²) in [7, 11) is 7.59. The molecule has 0 aliphatic carbocycles. The van der Waals surface area contributed by atoms with Crippen molar-refractivity contribution in [2.75, 3.05) is 43.3 Å². The molecule has 7 heteroatoms. The van der Waals surface area contributed by atoms with Gasteiger partial charge in [0.2, 0.25) is 17.8 Å². The van der Waals surface area contributed by atoms with E-state index in [0.717, 1.165) is 5.56 Å². The van der Waals surface area contributed by atoms with Crippen LogP contribution in [0.3, 0.4) is 0 Å². The average molecular weight is 262 g/mol. The van der Waals surface area contributed by atoms with E-state index in [4.69, 9.17) is 4.42 Å². The maximum Gasteiger partial charge on any atom is 0.231 e. The Labute approximate surface area is 112 Å². The molecule has 7 nitrogen and oxygen atoms in total. The number of aromatic nitrogens is 3. The van der Waals surface area contributed by atoms with E-state index in [0.29, 0.717) is 24.4 Å². The predicted molar refractivity (Wildman–Crippen MR) is 74.5 cm³/mol. The molecule has 0 amide bonds. The van der Waals surface area contributed by atoms with Crippen LogP contribution in [-0.2, 0) is 6.54 Å². The molecule has 0 radical (unpaired) electrons. The molecular weight excluding hydrogens is 244 g/mol. The molecule has 0 aromatic carbocycles. The van der Waals surface area contributed by atoms with Gasteiger partial charge in [-0.1, -0.05) is 0 Å². The number of furan rings is 1. The van der Waals surface area contributed by atoms with E-state index in [-0.39, 0.29) is 0 Å². The maximum atomic E-state index is 5.02. The molecule has 0 aliphatic rings. The maximum absolute atomic E-state index is 5.02.